The molecule has 0 amide bonds. The minimum absolute atomic E-state index is 0.126. The molecule has 6 heteroatoms. The number of fused-ring (bicyclic) bond motifs is 1. The zero-order chi connectivity index (χ0) is 15.8. The topological polar surface area (TPSA) is 55.6 Å². The van der Waals surface area contributed by atoms with Crippen LogP contribution in [-0.2, 0) is 0 Å². The van der Waals surface area contributed by atoms with E-state index < -0.39 is 0 Å². The molecule has 2 aromatic carbocycles. The molecular weight excluding hydrogens is 354 g/mol. The van der Waals surface area contributed by atoms with E-state index in [1.54, 1.807) is 0 Å². The van der Waals surface area contributed by atoms with Crippen LogP contribution in [-0.4, -0.2) is 20.2 Å². The van der Waals surface area contributed by atoms with Crippen LogP contribution in [0.2, 0.25) is 0 Å². The molecule has 0 aliphatic carbocycles. The quantitative estimate of drug-likeness (QED) is 0.744. The number of nitrogens with zero attached hydrogens (tertiary/aromatic N) is 4. The lowest BCUT2D eigenvalue weighted by Gasteiger charge is -2.31. The van der Waals surface area contributed by atoms with Gasteiger partial charge in [0.1, 0.15) is 0 Å². The van der Waals surface area contributed by atoms with E-state index in [9.17, 15) is 0 Å². The number of nitrogens with one attached hydrogen (secondary N) is 1. The summed E-state index contributed by atoms with van der Waals surface area (Å²) < 4.78 is 2.94. The number of rotatable bonds is 2. The van der Waals surface area contributed by atoms with Crippen molar-refractivity contribution < 1.29 is 0 Å². The summed E-state index contributed by atoms with van der Waals surface area (Å²) >= 11 is 3.49. The lowest BCUT2D eigenvalue weighted by atomic mass is 9.93. The van der Waals surface area contributed by atoms with Crippen LogP contribution in [0, 0.1) is 6.92 Å². The molecule has 1 aliphatic heterocycles. The maximum absolute atomic E-state index is 4.16. The average Bonchev–Trinajstić information content (AvgIpc) is 3.04. The Labute approximate surface area is 142 Å². The number of anilines is 1. The van der Waals surface area contributed by atoms with Crippen LogP contribution in [0.25, 0.3) is 0 Å². The van der Waals surface area contributed by atoms with Gasteiger partial charge in [-0.25, -0.2) is 4.68 Å². The maximum atomic E-state index is 4.16. The van der Waals surface area contributed by atoms with E-state index in [-0.39, 0.29) is 12.1 Å². The first kappa shape index (κ1) is 14.4. The predicted octanol–water partition coefficient (Wildman–Crippen LogP) is 3.89. The van der Waals surface area contributed by atoms with E-state index in [4.69, 9.17) is 0 Å². The fourth-order valence-corrected chi connectivity index (χ4v) is 3.28. The largest absolute Gasteiger partial charge is 0.346 e. The zero-order valence-electron chi connectivity index (χ0n) is 12.6. The standard InChI is InChI=1S/C17H16BrN5/c1-11-2-4-12(5-3-11)15-10-16(13-6-8-14(18)9-7-13)23-17(19-15)20-21-22-23/h2-9,15-16H,10H2,1H3,(H,19,20,22). The summed E-state index contributed by atoms with van der Waals surface area (Å²) in [4.78, 5) is 0. The molecule has 4 rings (SSSR count). The van der Waals surface area contributed by atoms with Gasteiger partial charge in [0, 0.05) is 4.47 Å². The third kappa shape index (κ3) is 2.74. The van der Waals surface area contributed by atoms with Crippen molar-refractivity contribution in [1.29, 1.82) is 0 Å². The molecule has 0 bridgehead atoms. The van der Waals surface area contributed by atoms with Gasteiger partial charge < -0.3 is 5.32 Å². The monoisotopic (exact) mass is 369 g/mol. The van der Waals surface area contributed by atoms with Crippen molar-refractivity contribution in [3.8, 4) is 0 Å². The zero-order valence-corrected chi connectivity index (χ0v) is 14.2. The number of hydrogen-bond acceptors (Lipinski definition) is 4. The fourth-order valence-electron chi connectivity index (χ4n) is 3.02. The molecule has 1 N–H and O–H groups in total. The van der Waals surface area contributed by atoms with Gasteiger partial charge in [-0.2, -0.15) is 0 Å². The molecule has 1 aliphatic rings. The summed E-state index contributed by atoms with van der Waals surface area (Å²) in [6.07, 6.45) is 0.905. The molecule has 0 saturated heterocycles. The second kappa shape index (κ2) is 5.77. The number of hydrogen-bond donors (Lipinski definition) is 1. The Morgan fingerprint density at radius 3 is 2.48 bits per heavy atom. The van der Waals surface area contributed by atoms with Crippen LogP contribution >= 0.6 is 15.9 Å². The van der Waals surface area contributed by atoms with Gasteiger partial charge >= 0.3 is 0 Å². The molecule has 0 spiro atoms. The molecule has 0 fully saturated rings. The van der Waals surface area contributed by atoms with Crippen LogP contribution in [0.4, 0.5) is 5.95 Å². The molecule has 2 heterocycles. The summed E-state index contributed by atoms with van der Waals surface area (Å²) in [5.74, 6) is 0.717. The fraction of sp³-hybridized carbons (Fsp3) is 0.235. The predicted molar refractivity (Wildman–Crippen MR) is 92.3 cm³/mol. The Morgan fingerprint density at radius 2 is 1.74 bits per heavy atom. The first-order valence-corrected chi connectivity index (χ1v) is 8.36. The first-order valence-electron chi connectivity index (χ1n) is 7.57. The highest BCUT2D eigenvalue weighted by atomic mass is 79.9. The summed E-state index contributed by atoms with van der Waals surface area (Å²) in [6, 6.07) is 17.3. The Balaban J connectivity index is 1.71. The number of benzene rings is 2. The molecule has 0 saturated carbocycles. The molecule has 2 atom stereocenters. The highest BCUT2D eigenvalue weighted by Gasteiger charge is 2.30. The smallest absolute Gasteiger partial charge is 0.243 e. The van der Waals surface area contributed by atoms with Crippen molar-refractivity contribution in [2.45, 2.75) is 25.4 Å². The van der Waals surface area contributed by atoms with Gasteiger partial charge in [0.25, 0.3) is 0 Å². The van der Waals surface area contributed by atoms with Crippen molar-refractivity contribution in [3.63, 3.8) is 0 Å². The van der Waals surface area contributed by atoms with Crippen molar-refractivity contribution in [2.75, 3.05) is 5.32 Å². The molecule has 23 heavy (non-hydrogen) atoms. The number of tetrazole rings is 1. The lowest BCUT2D eigenvalue weighted by molar-refractivity contribution is 0.423. The highest BCUT2D eigenvalue weighted by Crippen LogP contribution is 2.37. The molecular formula is C17H16BrN5. The normalized spacial score (nSPS) is 19.9. The molecule has 1 aromatic heterocycles. The Bertz CT molecular complexity index is 810. The highest BCUT2D eigenvalue weighted by molar-refractivity contribution is 9.10. The van der Waals surface area contributed by atoms with E-state index in [0.717, 1.165) is 16.8 Å². The minimum Gasteiger partial charge on any atom is -0.346 e. The van der Waals surface area contributed by atoms with Gasteiger partial charge in [-0.15, -0.1) is 0 Å². The number of aromatic nitrogens is 4. The van der Waals surface area contributed by atoms with Gasteiger partial charge in [-0.1, -0.05) is 63.0 Å². The molecule has 0 radical (unpaired) electrons. The average molecular weight is 370 g/mol. The summed E-state index contributed by atoms with van der Waals surface area (Å²) in [5.41, 5.74) is 3.73. The SMILES string of the molecule is Cc1ccc(C2CC(c3ccc(Br)cc3)n3nnnc3N2)cc1. The van der Waals surface area contributed by atoms with E-state index >= 15 is 0 Å². The summed E-state index contributed by atoms with van der Waals surface area (Å²) in [6.45, 7) is 2.10. The van der Waals surface area contributed by atoms with Gasteiger partial charge in [0.05, 0.1) is 12.1 Å². The Morgan fingerprint density at radius 1 is 1.04 bits per heavy atom. The van der Waals surface area contributed by atoms with Crippen molar-refractivity contribution in [1.82, 2.24) is 20.2 Å². The number of aryl methyl sites for hydroxylation is 1. The van der Waals surface area contributed by atoms with Gasteiger partial charge in [-0.3, -0.25) is 0 Å². The Kier molecular flexibility index (Phi) is 3.61. The van der Waals surface area contributed by atoms with Crippen molar-refractivity contribution >= 4 is 21.9 Å². The third-order valence-corrected chi connectivity index (χ3v) is 4.81. The third-order valence-electron chi connectivity index (χ3n) is 4.28. The van der Waals surface area contributed by atoms with E-state index in [2.05, 4.69) is 92.2 Å². The number of halogens is 1. The maximum Gasteiger partial charge on any atom is 0.243 e. The van der Waals surface area contributed by atoms with E-state index in [1.807, 2.05) is 4.68 Å². The minimum atomic E-state index is 0.126. The Hall–Kier alpha value is -2.21. The molecule has 3 aromatic rings. The second-order valence-corrected chi connectivity index (χ2v) is 6.77. The molecule has 116 valence electrons. The summed E-state index contributed by atoms with van der Waals surface area (Å²) in [7, 11) is 0. The second-order valence-electron chi connectivity index (χ2n) is 5.86. The van der Waals surface area contributed by atoms with Crippen molar-refractivity contribution in [3.05, 3.63) is 69.7 Å². The molecule has 2 unspecified atom stereocenters. The van der Waals surface area contributed by atoms with Crippen LogP contribution in [0.5, 0.6) is 0 Å². The molecule has 5 nitrogen and oxygen atoms in total. The van der Waals surface area contributed by atoms with Crippen molar-refractivity contribution in [2.24, 2.45) is 0 Å². The van der Waals surface area contributed by atoms with E-state index in [0.29, 0.717) is 0 Å². The van der Waals surface area contributed by atoms with E-state index in [1.165, 1.54) is 16.7 Å². The van der Waals surface area contributed by atoms with Gasteiger partial charge in [-0.05, 0) is 47.0 Å². The lowest BCUT2D eigenvalue weighted by Crippen LogP contribution is -2.28. The van der Waals surface area contributed by atoms with Crippen LogP contribution in [0.1, 0.15) is 35.2 Å². The first-order chi connectivity index (χ1) is 11.2. The van der Waals surface area contributed by atoms with Gasteiger partial charge in [0.2, 0.25) is 5.95 Å². The summed E-state index contributed by atoms with van der Waals surface area (Å²) in [5, 5.41) is 15.6. The van der Waals surface area contributed by atoms with Gasteiger partial charge in [0.15, 0.2) is 0 Å². The van der Waals surface area contributed by atoms with Crippen LogP contribution in [0.15, 0.2) is 53.0 Å². The van der Waals surface area contributed by atoms with Crippen LogP contribution in [0.3, 0.4) is 0 Å². The van der Waals surface area contributed by atoms with Crippen LogP contribution < -0.4 is 5.32 Å².